The van der Waals surface area contributed by atoms with Crippen LogP contribution in [0.3, 0.4) is 0 Å². The highest BCUT2D eigenvalue weighted by molar-refractivity contribution is 7.09. The zero-order valence-corrected chi connectivity index (χ0v) is 17.3. The molecule has 0 radical (unpaired) electrons. The lowest BCUT2D eigenvalue weighted by Gasteiger charge is -2.17. The predicted molar refractivity (Wildman–Crippen MR) is 103 cm³/mol. The third-order valence-corrected chi connectivity index (χ3v) is 4.17. The Hall–Kier alpha value is -0.670. The van der Waals surface area contributed by atoms with Gasteiger partial charge in [-0.3, -0.25) is 9.59 Å². The fourth-order valence-electron chi connectivity index (χ4n) is 2.47. The Kier molecular flexibility index (Phi) is 17.6. The first-order valence-corrected chi connectivity index (χ1v) is 10.3. The van der Waals surface area contributed by atoms with E-state index in [1.165, 1.54) is 25.7 Å². The second-order valence-corrected chi connectivity index (χ2v) is 6.79. The smallest absolute Gasteiger partial charge is 0.306 e. The summed E-state index contributed by atoms with van der Waals surface area (Å²) in [5.41, 5.74) is 0. The third-order valence-electron chi connectivity index (χ3n) is 3.98. The van der Waals surface area contributed by atoms with Crippen LogP contribution in [0.15, 0.2) is 0 Å². The molecule has 0 aromatic rings. The van der Waals surface area contributed by atoms with Crippen LogP contribution in [-0.4, -0.2) is 31.3 Å². The molecule has 0 saturated heterocycles. The van der Waals surface area contributed by atoms with Crippen molar-refractivity contribution < 1.29 is 23.6 Å². The first kappa shape index (κ1) is 24.3. The number of hydrogen-bond donors (Lipinski definition) is 0. The van der Waals surface area contributed by atoms with Crippen molar-refractivity contribution in [2.75, 3.05) is 13.2 Å². The summed E-state index contributed by atoms with van der Waals surface area (Å²) in [6, 6.07) is 0. The van der Waals surface area contributed by atoms with E-state index >= 15 is 0 Å². The molecule has 0 fully saturated rings. The van der Waals surface area contributed by atoms with Gasteiger partial charge in [-0.1, -0.05) is 65.2 Å². The van der Waals surface area contributed by atoms with Gasteiger partial charge in [0.15, 0.2) is 6.10 Å². The Morgan fingerprint density at radius 3 is 1.80 bits per heavy atom. The molecule has 0 aliphatic heterocycles. The van der Waals surface area contributed by atoms with E-state index in [2.05, 4.69) is 23.3 Å². The Bertz CT molecular complexity index is 336. The van der Waals surface area contributed by atoms with Gasteiger partial charge in [0, 0.05) is 22.3 Å². The molecule has 25 heavy (non-hydrogen) atoms. The highest BCUT2D eigenvalue weighted by atomic mass is 31.0. The standard InChI is InChI=1S/C19H37O5P/c1-3-5-7-9-11-13-18(20)22-15-17(16-23-25)24-19(21)14-12-10-8-6-4-2/h17H,3-16,25H2,1-2H3. The van der Waals surface area contributed by atoms with Crippen molar-refractivity contribution in [2.45, 2.75) is 97.0 Å². The fourth-order valence-corrected chi connectivity index (χ4v) is 2.69. The maximum atomic E-state index is 11.9. The van der Waals surface area contributed by atoms with E-state index in [0.29, 0.717) is 12.8 Å². The normalized spacial score (nSPS) is 12.0. The molecule has 148 valence electrons. The van der Waals surface area contributed by atoms with Crippen LogP contribution in [0.5, 0.6) is 0 Å². The van der Waals surface area contributed by atoms with E-state index in [9.17, 15) is 9.59 Å². The summed E-state index contributed by atoms with van der Waals surface area (Å²) < 4.78 is 15.5. The molecule has 0 amide bonds. The molecular formula is C19H37O5P. The molecule has 5 nitrogen and oxygen atoms in total. The lowest BCUT2D eigenvalue weighted by Crippen LogP contribution is -2.28. The average Bonchev–Trinajstić information content (AvgIpc) is 2.59. The van der Waals surface area contributed by atoms with Gasteiger partial charge in [-0.25, -0.2) is 0 Å². The summed E-state index contributed by atoms with van der Waals surface area (Å²) in [5, 5.41) is 0. The van der Waals surface area contributed by atoms with Crippen molar-refractivity contribution in [3.63, 3.8) is 0 Å². The van der Waals surface area contributed by atoms with Crippen LogP contribution >= 0.6 is 9.47 Å². The fraction of sp³-hybridized carbons (Fsp3) is 0.895. The molecule has 0 heterocycles. The molecule has 2 atom stereocenters. The molecule has 0 aromatic carbocycles. The minimum Gasteiger partial charge on any atom is -0.462 e. The van der Waals surface area contributed by atoms with Crippen molar-refractivity contribution in [3.8, 4) is 0 Å². The Balaban J connectivity index is 3.87. The van der Waals surface area contributed by atoms with Gasteiger partial charge in [-0.2, -0.15) is 0 Å². The molecule has 0 aromatic heterocycles. The molecule has 0 bridgehead atoms. The van der Waals surface area contributed by atoms with Crippen LogP contribution in [0.1, 0.15) is 90.9 Å². The zero-order chi connectivity index (χ0) is 18.8. The molecule has 0 N–H and O–H groups in total. The zero-order valence-electron chi connectivity index (χ0n) is 16.1. The summed E-state index contributed by atoms with van der Waals surface area (Å²) in [4.78, 5) is 23.6. The second kappa shape index (κ2) is 18.1. The third kappa shape index (κ3) is 16.5. The van der Waals surface area contributed by atoms with Crippen LogP contribution in [0, 0.1) is 0 Å². The van der Waals surface area contributed by atoms with Gasteiger partial charge in [-0.05, 0) is 12.8 Å². The van der Waals surface area contributed by atoms with Crippen molar-refractivity contribution in [3.05, 3.63) is 0 Å². The Labute approximate surface area is 155 Å². The Morgan fingerprint density at radius 1 is 0.760 bits per heavy atom. The summed E-state index contributed by atoms with van der Waals surface area (Å²) >= 11 is 0. The van der Waals surface area contributed by atoms with Crippen LogP contribution in [0.2, 0.25) is 0 Å². The van der Waals surface area contributed by atoms with Crippen LogP contribution in [-0.2, 0) is 23.6 Å². The maximum Gasteiger partial charge on any atom is 0.306 e. The van der Waals surface area contributed by atoms with Crippen molar-refractivity contribution >= 4 is 21.4 Å². The van der Waals surface area contributed by atoms with E-state index in [-0.39, 0.29) is 25.2 Å². The number of ether oxygens (including phenoxy) is 2. The molecule has 0 saturated carbocycles. The number of esters is 2. The van der Waals surface area contributed by atoms with Crippen LogP contribution < -0.4 is 0 Å². The van der Waals surface area contributed by atoms with Crippen LogP contribution in [0.4, 0.5) is 0 Å². The summed E-state index contributed by atoms with van der Waals surface area (Å²) in [6.07, 6.45) is 11.1. The molecule has 6 heteroatoms. The summed E-state index contributed by atoms with van der Waals surface area (Å²) in [6.45, 7) is 4.59. The van der Waals surface area contributed by atoms with E-state index in [4.69, 9.17) is 14.0 Å². The second-order valence-electron chi connectivity index (χ2n) is 6.46. The number of carbonyl (C=O) groups is 2. The minimum absolute atomic E-state index is 0.0593. The van der Waals surface area contributed by atoms with Gasteiger partial charge in [0.25, 0.3) is 0 Å². The molecule has 0 spiro atoms. The maximum absolute atomic E-state index is 11.9. The lowest BCUT2D eigenvalue weighted by molar-refractivity contribution is -0.160. The van der Waals surface area contributed by atoms with E-state index in [1.807, 2.05) is 0 Å². The number of unbranched alkanes of at least 4 members (excludes halogenated alkanes) is 8. The van der Waals surface area contributed by atoms with Gasteiger partial charge in [0.2, 0.25) is 0 Å². The van der Waals surface area contributed by atoms with E-state index in [1.54, 1.807) is 0 Å². The molecule has 0 aliphatic carbocycles. The quantitative estimate of drug-likeness (QED) is 0.204. The van der Waals surface area contributed by atoms with Gasteiger partial charge < -0.3 is 14.0 Å². The van der Waals surface area contributed by atoms with E-state index < -0.39 is 6.10 Å². The number of carbonyl (C=O) groups excluding carboxylic acids is 2. The monoisotopic (exact) mass is 376 g/mol. The summed E-state index contributed by atoms with van der Waals surface area (Å²) in [7, 11) is 2.13. The first-order chi connectivity index (χ1) is 12.1. The number of hydrogen-bond acceptors (Lipinski definition) is 5. The topological polar surface area (TPSA) is 61.8 Å². The van der Waals surface area contributed by atoms with Gasteiger partial charge >= 0.3 is 11.9 Å². The van der Waals surface area contributed by atoms with Crippen molar-refractivity contribution in [1.29, 1.82) is 0 Å². The molecular weight excluding hydrogens is 339 g/mol. The van der Waals surface area contributed by atoms with E-state index in [0.717, 1.165) is 38.5 Å². The van der Waals surface area contributed by atoms with Gasteiger partial charge in [0.05, 0.1) is 6.61 Å². The highest BCUT2D eigenvalue weighted by Gasteiger charge is 2.16. The summed E-state index contributed by atoms with van der Waals surface area (Å²) in [5.74, 6) is -0.486. The van der Waals surface area contributed by atoms with Crippen molar-refractivity contribution in [1.82, 2.24) is 0 Å². The molecule has 2 unspecified atom stereocenters. The molecule has 0 rings (SSSR count). The first-order valence-electron chi connectivity index (χ1n) is 9.80. The largest absolute Gasteiger partial charge is 0.462 e. The van der Waals surface area contributed by atoms with Crippen LogP contribution in [0.25, 0.3) is 0 Å². The average molecular weight is 376 g/mol. The molecule has 0 aliphatic rings. The number of rotatable bonds is 17. The van der Waals surface area contributed by atoms with Crippen molar-refractivity contribution in [2.24, 2.45) is 0 Å². The Morgan fingerprint density at radius 2 is 1.28 bits per heavy atom. The highest BCUT2D eigenvalue weighted by Crippen LogP contribution is 2.09. The lowest BCUT2D eigenvalue weighted by atomic mass is 10.1. The minimum atomic E-state index is -0.537. The van der Waals surface area contributed by atoms with Gasteiger partial charge in [-0.15, -0.1) is 0 Å². The van der Waals surface area contributed by atoms with Gasteiger partial charge in [0.1, 0.15) is 6.61 Å². The SMILES string of the molecule is CCCCCCCC(=O)OCC(COP)OC(=O)CCCCCCC. The predicted octanol–water partition coefficient (Wildman–Crippen LogP) is 4.97.